The van der Waals surface area contributed by atoms with E-state index < -0.39 is 0 Å². The fourth-order valence-electron chi connectivity index (χ4n) is 0.699. The van der Waals surface area contributed by atoms with Crippen molar-refractivity contribution >= 4 is 0 Å². The molecule has 0 fully saturated rings. The second-order valence-corrected chi connectivity index (χ2v) is 2.49. The van der Waals surface area contributed by atoms with E-state index >= 15 is 0 Å². The first-order chi connectivity index (χ1) is 4.18. The predicted octanol–water partition coefficient (Wildman–Crippen LogP) is 2.42. The van der Waals surface area contributed by atoms with E-state index in [2.05, 4.69) is 20.8 Å². The van der Waals surface area contributed by atoms with Gasteiger partial charge in [0.15, 0.2) is 0 Å². The van der Waals surface area contributed by atoms with E-state index in [1.807, 2.05) is 6.92 Å². The maximum absolute atomic E-state index is 5.47. The molecule has 0 amide bonds. The molecule has 1 nitrogen and oxygen atoms in total. The number of rotatable bonds is 4. The normalized spacial score (nSPS) is 12.0. The molecule has 0 N–H and O–H groups in total. The van der Waals surface area contributed by atoms with E-state index in [0.29, 0.717) is 0 Å². The van der Waals surface area contributed by atoms with Crippen LogP contribution >= 0.6 is 0 Å². The standard InChI is InChI=1S/C8H17O/c1-5-8(4,6-2)9-7-3/h1,5-7H2,2-4H3. The molecule has 0 aliphatic heterocycles. The van der Waals surface area contributed by atoms with Crippen LogP contribution in [0.15, 0.2) is 0 Å². The Bertz CT molecular complexity index is 65.0. The van der Waals surface area contributed by atoms with Gasteiger partial charge in [0.25, 0.3) is 0 Å². The monoisotopic (exact) mass is 129 g/mol. The molecule has 0 aromatic rings. The van der Waals surface area contributed by atoms with Crippen LogP contribution in [0.3, 0.4) is 0 Å². The van der Waals surface area contributed by atoms with Crippen molar-refractivity contribution in [3.63, 3.8) is 0 Å². The highest BCUT2D eigenvalue weighted by molar-refractivity contribution is 4.73. The lowest BCUT2D eigenvalue weighted by molar-refractivity contribution is -0.0256. The summed E-state index contributed by atoms with van der Waals surface area (Å²) < 4.78 is 5.47. The van der Waals surface area contributed by atoms with Crippen molar-refractivity contribution < 1.29 is 4.74 Å². The summed E-state index contributed by atoms with van der Waals surface area (Å²) >= 11 is 0. The summed E-state index contributed by atoms with van der Waals surface area (Å²) in [5.74, 6) is 0. The molecule has 0 spiro atoms. The number of hydrogen-bond acceptors (Lipinski definition) is 1. The summed E-state index contributed by atoms with van der Waals surface area (Å²) in [5.41, 5.74) is 0.0226. The molecule has 0 aliphatic rings. The molecule has 0 aromatic heterocycles. The van der Waals surface area contributed by atoms with Crippen LogP contribution in [0.2, 0.25) is 0 Å². The van der Waals surface area contributed by atoms with Crippen LogP contribution in [-0.2, 0) is 4.74 Å². The Labute approximate surface area is 58.4 Å². The maximum Gasteiger partial charge on any atom is 0.0651 e. The first-order valence-electron chi connectivity index (χ1n) is 3.61. The molecule has 1 radical (unpaired) electrons. The van der Waals surface area contributed by atoms with E-state index in [-0.39, 0.29) is 5.60 Å². The van der Waals surface area contributed by atoms with Crippen LogP contribution in [0.25, 0.3) is 0 Å². The van der Waals surface area contributed by atoms with Gasteiger partial charge in [0.1, 0.15) is 0 Å². The second kappa shape index (κ2) is 3.89. The van der Waals surface area contributed by atoms with Gasteiger partial charge in [-0.3, -0.25) is 0 Å². The summed E-state index contributed by atoms with van der Waals surface area (Å²) in [5, 5.41) is 0. The van der Waals surface area contributed by atoms with Crippen molar-refractivity contribution in [2.24, 2.45) is 0 Å². The molecular formula is C8H17O. The minimum Gasteiger partial charge on any atom is -0.376 e. The fraction of sp³-hybridized carbons (Fsp3) is 0.875. The minimum absolute atomic E-state index is 0.0226. The first-order valence-corrected chi connectivity index (χ1v) is 3.61. The Balaban J connectivity index is 3.62. The summed E-state index contributed by atoms with van der Waals surface area (Å²) in [6.07, 6.45) is 1.90. The third-order valence-corrected chi connectivity index (χ3v) is 1.77. The van der Waals surface area contributed by atoms with Crippen molar-refractivity contribution in [3.05, 3.63) is 6.92 Å². The lowest BCUT2D eigenvalue weighted by atomic mass is 10.0. The van der Waals surface area contributed by atoms with Gasteiger partial charge in [0.2, 0.25) is 0 Å². The van der Waals surface area contributed by atoms with Crippen LogP contribution in [-0.4, -0.2) is 12.2 Å². The Morgan fingerprint density at radius 3 is 2.11 bits per heavy atom. The molecule has 0 bridgehead atoms. The third-order valence-electron chi connectivity index (χ3n) is 1.77. The molecule has 1 unspecified atom stereocenters. The van der Waals surface area contributed by atoms with Gasteiger partial charge in [-0.05, 0) is 26.7 Å². The average molecular weight is 129 g/mol. The third kappa shape index (κ3) is 2.85. The highest BCUT2D eigenvalue weighted by Crippen LogP contribution is 2.18. The van der Waals surface area contributed by atoms with Crippen LogP contribution in [0, 0.1) is 6.92 Å². The van der Waals surface area contributed by atoms with Crippen LogP contribution in [0.1, 0.15) is 33.6 Å². The molecule has 0 saturated heterocycles. The van der Waals surface area contributed by atoms with Gasteiger partial charge < -0.3 is 4.74 Å². The van der Waals surface area contributed by atoms with E-state index in [9.17, 15) is 0 Å². The highest BCUT2D eigenvalue weighted by Gasteiger charge is 2.18. The van der Waals surface area contributed by atoms with Gasteiger partial charge in [-0.1, -0.05) is 13.8 Å². The van der Waals surface area contributed by atoms with Gasteiger partial charge in [-0.2, -0.15) is 0 Å². The number of ether oxygens (including phenoxy) is 1. The molecule has 0 rings (SSSR count). The molecule has 1 heteroatoms. The Hall–Kier alpha value is -0.0400. The minimum atomic E-state index is 0.0226. The Kier molecular flexibility index (Phi) is 3.87. The quantitative estimate of drug-likeness (QED) is 0.566. The van der Waals surface area contributed by atoms with E-state index in [4.69, 9.17) is 4.74 Å². The zero-order valence-electron chi connectivity index (χ0n) is 6.74. The molecular weight excluding hydrogens is 112 g/mol. The maximum atomic E-state index is 5.47. The van der Waals surface area contributed by atoms with Crippen molar-refractivity contribution in [2.45, 2.75) is 39.2 Å². The van der Waals surface area contributed by atoms with Gasteiger partial charge in [-0.15, -0.1) is 0 Å². The largest absolute Gasteiger partial charge is 0.376 e. The summed E-state index contributed by atoms with van der Waals surface area (Å²) in [6.45, 7) is 10.9. The van der Waals surface area contributed by atoms with E-state index in [1.54, 1.807) is 0 Å². The highest BCUT2D eigenvalue weighted by atomic mass is 16.5. The predicted molar refractivity (Wildman–Crippen MR) is 40.3 cm³/mol. The van der Waals surface area contributed by atoms with E-state index in [1.165, 1.54) is 0 Å². The second-order valence-electron chi connectivity index (χ2n) is 2.49. The van der Waals surface area contributed by atoms with Gasteiger partial charge in [0.05, 0.1) is 5.60 Å². The van der Waals surface area contributed by atoms with Gasteiger partial charge in [-0.25, -0.2) is 0 Å². The van der Waals surface area contributed by atoms with Crippen molar-refractivity contribution in [1.82, 2.24) is 0 Å². The molecule has 1 atom stereocenters. The Morgan fingerprint density at radius 1 is 1.44 bits per heavy atom. The Morgan fingerprint density at radius 2 is 2.00 bits per heavy atom. The molecule has 0 heterocycles. The lowest BCUT2D eigenvalue weighted by Crippen LogP contribution is -2.26. The molecule has 9 heavy (non-hydrogen) atoms. The smallest absolute Gasteiger partial charge is 0.0651 e. The molecule has 0 aromatic carbocycles. The lowest BCUT2D eigenvalue weighted by Gasteiger charge is -2.26. The molecule has 0 aliphatic carbocycles. The zero-order valence-corrected chi connectivity index (χ0v) is 6.74. The number of hydrogen-bond donors (Lipinski definition) is 0. The van der Waals surface area contributed by atoms with Crippen molar-refractivity contribution in [2.75, 3.05) is 6.61 Å². The van der Waals surface area contributed by atoms with Gasteiger partial charge >= 0.3 is 0 Å². The van der Waals surface area contributed by atoms with Gasteiger partial charge in [0, 0.05) is 6.61 Å². The first kappa shape index (κ1) is 8.96. The molecule has 55 valence electrons. The fourth-order valence-corrected chi connectivity index (χ4v) is 0.699. The average Bonchev–Trinajstić information content (AvgIpc) is 1.89. The van der Waals surface area contributed by atoms with Crippen LogP contribution in [0.5, 0.6) is 0 Å². The van der Waals surface area contributed by atoms with Crippen molar-refractivity contribution in [1.29, 1.82) is 0 Å². The van der Waals surface area contributed by atoms with Crippen LogP contribution in [0.4, 0.5) is 0 Å². The van der Waals surface area contributed by atoms with E-state index in [0.717, 1.165) is 19.4 Å². The topological polar surface area (TPSA) is 9.23 Å². The summed E-state index contributed by atoms with van der Waals surface area (Å²) in [4.78, 5) is 0. The SMILES string of the molecule is [CH2]CC(C)(CC)OCC. The zero-order chi connectivity index (χ0) is 7.33. The van der Waals surface area contributed by atoms with Crippen molar-refractivity contribution in [3.8, 4) is 0 Å². The summed E-state index contributed by atoms with van der Waals surface area (Å²) in [7, 11) is 0. The van der Waals surface area contributed by atoms with Crippen LogP contribution < -0.4 is 0 Å². The molecule has 0 saturated carbocycles. The summed E-state index contributed by atoms with van der Waals surface area (Å²) in [6, 6.07) is 0.